The number of hydrogen-bond donors (Lipinski definition) is 1. The smallest absolute Gasteiger partial charge is 0.124 e. The van der Waals surface area contributed by atoms with Gasteiger partial charge < -0.3 is 9.55 Å². The standard InChI is InChI=1S/C28H35N7/c1-33(25-12-4-8-22-9-5-13-31-28(22)25)20-27-32-23-10-2-3-11-24(23)35(27)18-21-7-6-16-34(17-21)19-26-29-14-15-30-26/h2-3,5,9-11,13-15,21,25H,4,6-8,12,16-20H2,1H3,(H,29,30)/t21-,25-/m0/s1. The number of aromatic amines is 1. The third-order valence-corrected chi connectivity index (χ3v) is 7.79. The summed E-state index contributed by atoms with van der Waals surface area (Å²) in [7, 11) is 2.24. The molecule has 1 aliphatic carbocycles. The summed E-state index contributed by atoms with van der Waals surface area (Å²) < 4.78 is 2.50. The van der Waals surface area contributed by atoms with Crippen LogP contribution in [0.5, 0.6) is 0 Å². The molecule has 4 heterocycles. The average molecular weight is 470 g/mol. The van der Waals surface area contributed by atoms with E-state index < -0.39 is 0 Å². The number of aromatic nitrogens is 5. The van der Waals surface area contributed by atoms with Gasteiger partial charge in [-0.3, -0.25) is 14.8 Å². The third kappa shape index (κ3) is 4.75. The van der Waals surface area contributed by atoms with Gasteiger partial charge in [0, 0.05) is 31.7 Å². The number of rotatable bonds is 7. The highest BCUT2D eigenvalue weighted by Crippen LogP contribution is 2.33. The molecule has 6 rings (SSSR count). The Hall–Kier alpha value is -3.03. The van der Waals surface area contributed by atoms with Crippen molar-refractivity contribution in [1.82, 2.24) is 34.3 Å². The number of para-hydroxylation sites is 2. The summed E-state index contributed by atoms with van der Waals surface area (Å²) in [6.45, 7) is 4.99. The Bertz CT molecular complexity index is 1260. The minimum Gasteiger partial charge on any atom is -0.348 e. The van der Waals surface area contributed by atoms with E-state index in [-0.39, 0.29) is 0 Å². The van der Waals surface area contributed by atoms with Crippen LogP contribution in [0.25, 0.3) is 11.0 Å². The van der Waals surface area contributed by atoms with Crippen LogP contribution in [0, 0.1) is 5.92 Å². The molecule has 0 saturated carbocycles. The molecule has 0 radical (unpaired) electrons. The highest BCUT2D eigenvalue weighted by atomic mass is 15.2. The van der Waals surface area contributed by atoms with Crippen molar-refractivity contribution in [3.63, 3.8) is 0 Å². The molecule has 0 spiro atoms. The fourth-order valence-corrected chi connectivity index (χ4v) is 6.10. The van der Waals surface area contributed by atoms with E-state index in [1.54, 1.807) is 0 Å². The van der Waals surface area contributed by atoms with Crippen LogP contribution in [0.3, 0.4) is 0 Å². The van der Waals surface area contributed by atoms with Crippen LogP contribution in [0.1, 0.15) is 54.6 Å². The molecule has 1 N–H and O–H groups in total. The lowest BCUT2D eigenvalue weighted by molar-refractivity contribution is 0.151. The second-order valence-corrected chi connectivity index (χ2v) is 10.3. The quantitative estimate of drug-likeness (QED) is 0.429. The van der Waals surface area contributed by atoms with Gasteiger partial charge in [0.1, 0.15) is 11.6 Å². The van der Waals surface area contributed by atoms with Crippen LogP contribution in [0.4, 0.5) is 0 Å². The molecule has 2 atom stereocenters. The first-order valence-electron chi connectivity index (χ1n) is 13.0. The predicted octanol–water partition coefficient (Wildman–Crippen LogP) is 4.58. The number of piperidine rings is 1. The van der Waals surface area contributed by atoms with Crippen LogP contribution < -0.4 is 0 Å². The molecule has 4 aromatic rings. The summed E-state index contributed by atoms with van der Waals surface area (Å²) in [4.78, 5) is 22.6. The van der Waals surface area contributed by atoms with Crippen molar-refractivity contribution in [1.29, 1.82) is 0 Å². The van der Waals surface area contributed by atoms with Gasteiger partial charge in [-0.25, -0.2) is 9.97 Å². The molecule has 35 heavy (non-hydrogen) atoms. The number of aryl methyl sites for hydroxylation is 1. The highest BCUT2D eigenvalue weighted by molar-refractivity contribution is 5.75. The summed E-state index contributed by atoms with van der Waals surface area (Å²) in [6, 6.07) is 13.3. The minimum atomic E-state index is 0.353. The molecule has 2 aliphatic rings. The normalized spacial score (nSPS) is 21.0. The van der Waals surface area contributed by atoms with Gasteiger partial charge in [-0.1, -0.05) is 18.2 Å². The number of hydrogen-bond acceptors (Lipinski definition) is 5. The summed E-state index contributed by atoms with van der Waals surface area (Å²) in [6.07, 6.45) is 11.7. The van der Waals surface area contributed by atoms with E-state index in [4.69, 9.17) is 9.97 Å². The number of fused-ring (bicyclic) bond motifs is 2. The number of nitrogens with zero attached hydrogens (tertiary/aromatic N) is 6. The van der Waals surface area contributed by atoms with Crippen molar-refractivity contribution in [2.45, 2.75) is 57.8 Å². The molecule has 0 amide bonds. The number of benzene rings is 1. The molecule has 1 saturated heterocycles. The Morgan fingerprint density at radius 1 is 1.06 bits per heavy atom. The maximum atomic E-state index is 5.12. The van der Waals surface area contributed by atoms with E-state index in [0.717, 1.165) is 56.9 Å². The molecule has 0 bridgehead atoms. The Kier molecular flexibility index (Phi) is 6.35. The van der Waals surface area contributed by atoms with E-state index in [2.05, 4.69) is 67.8 Å². The lowest BCUT2D eigenvalue weighted by Gasteiger charge is -2.34. The molecule has 182 valence electrons. The van der Waals surface area contributed by atoms with E-state index in [1.807, 2.05) is 18.6 Å². The molecular formula is C28H35N7. The zero-order chi connectivity index (χ0) is 23.6. The van der Waals surface area contributed by atoms with Crippen molar-refractivity contribution in [3.8, 4) is 0 Å². The minimum absolute atomic E-state index is 0.353. The van der Waals surface area contributed by atoms with Gasteiger partial charge in [0.25, 0.3) is 0 Å². The summed E-state index contributed by atoms with van der Waals surface area (Å²) in [5, 5.41) is 0. The Labute approximate surface area is 207 Å². The molecule has 3 aromatic heterocycles. The first kappa shape index (κ1) is 22.4. The Balaban J connectivity index is 1.23. The second-order valence-electron chi connectivity index (χ2n) is 10.3. The average Bonchev–Trinajstić information content (AvgIpc) is 3.52. The van der Waals surface area contributed by atoms with Crippen LogP contribution >= 0.6 is 0 Å². The lowest BCUT2D eigenvalue weighted by atomic mass is 9.91. The highest BCUT2D eigenvalue weighted by Gasteiger charge is 2.27. The van der Waals surface area contributed by atoms with E-state index in [0.29, 0.717) is 12.0 Å². The fraction of sp³-hybridized carbons (Fsp3) is 0.464. The molecule has 7 heteroatoms. The van der Waals surface area contributed by atoms with Gasteiger partial charge in [-0.2, -0.15) is 0 Å². The van der Waals surface area contributed by atoms with Gasteiger partial charge in [-0.05, 0) is 75.4 Å². The zero-order valence-corrected chi connectivity index (χ0v) is 20.6. The molecule has 1 fully saturated rings. The second kappa shape index (κ2) is 9.91. The van der Waals surface area contributed by atoms with E-state index in [1.165, 1.54) is 41.9 Å². The van der Waals surface area contributed by atoms with Gasteiger partial charge in [-0.15, -0.1) is 0 Å². The van der Waals surface area contributed by atoms with E-state index >= 15 is 0 Å². The zero-order valence-electron chi connectivity index (χ0n) is 20.6. The maximum absolute atomic E-state index is 5.12. The fourth-order valence-electron chi connectivity index (χ4n) is 6.10. The van der Waals surface area contributed by atoms with Crippen LogP contribution in [0.15, 0.2) is 55.0 Å². The van der Waals surface area contributed by atoms with Crippen molar-refractivity contribution < 1.29 is 0 Å². The molecule has 1 aromatic carbocycles. The molecular weight excluding hydrogens is 434 g/mol. The largest absolute Gasteiger partial charge is 0.348 e. The topological polar surface area (TPSA) is 65.9 Å². The summed E-state index contributed by atoms with van der Waals surface area (Å²) in [5.41, 5.74) is 5.01. The van der Waals surface area contributed by atoms with Gasteiger partial charge in [0.2, 0.25) is 0 Å². The first-order chi connectivity index (χ1) is 17.2. The van der Waals surface area contributed by atoms with E-state index in [9.17, 15) is 0 Å². The predicted molar refractivity (Wildman–Crippen MR) is 138 cm³/mol. The third-order valence-electron chi connectivity index (χ3n) is 7.79. The SMILES string of the molecule is CN(Cc1nc2ccccc2n1C[C@H]1CCCN(Cc2ncc[nH]2)C1)[C@H]1CCCc2cccnc21. The van der Waals surface area contributed by atoms with Crippen molar-refractivity contribution in [2.75, 3.05) is 20.1 Å². The number of pyridine rings is 1. The Morgan fingerprint density at radius 3 is 2.91 bits per heavy atom. The summed E-state index contributed by atoms with van der Waals surface area (Å²) in [5.74, 6) is 2.83. The van der Waals surface area contributed by atoms with Crippen LogP contribution in [-0.2, 0) is 26.1 Å². The van der Waals surface area contributed by atoms with Gasteiger partial charge >= 0.3 is 0 Å². The number of H-pyrrole nitrogens is 1. The van der Waals surface area contributed by atoms with Crippen molar-refractivity contribution in [2.24, 2.45) is 5.92 Å². The van der Waals surface area contributed by atoms with Crippen LogP contribution in [-0.4, -0.2) is 54.4 Å². The Morgan fingerprint density at radius 2 is 2.00 bits per heavy atom. The lowest BCUT2D eigenvalue weighted by Crippen LogP contribution is -2.37. The monoisotopic (exact) mass is 469 g/mol. The molecule has 7 nitrogen and oxygen atoms in total. The summed E-state index contributed by atoms with van der Waals surface area (Å²) >= 11 is 0. The number of imidazole rings is 2. The van der Waals surface area contributed by atoms with Crippen LogP contribution in [0.2, 0.25) is 0 Å². The molecule has 1 aliphatic heterocycles. The van der Waals surface area contributed by atoms with Crippen molar-refractivity contribution >= 4 is 11.0 Å². The van der Waals surface area contributed by atoms with Gasteiger partial charge in [0.05, 0.1) is 35.9 Å². The molecule has 0 unspecified atom stereocenters. The number of likely N-dealkylation sites (tertiary alicyclic amines) is 1. The van der Waals surface area contributed by atoms with Crippen molar-refractivity contribution in [3.05, 3.63) is 77.9 Å². The maximum Gasteiger partial charge on any atom is 0.124 e. The first-order valence-corrected chi connectivity index (χ1v) is 13.0. The number of nitrogens with one attached hydrogen (secondary N) is 1. The van der Waals surface area contributed by atoms with Gasteiger partial charge in [0.15, 0.2) is 0 Å².